The van der Waals surface area contributed by atoms with Crippen LogP contribution in [0.3, 0.4) is 0 Å². The molecule has 0 unspecified atom stereocenters. The van der Waals surface area contributed by atoms with Crippen LogP contribution in [0.4, 0.5) is 0 Å². The van der Waals surface area contributed by atoms with Crippen LogP contribution in [0.25, 0.3) is 0 Å². The molecule has 1 aliphatic carbocycles. The predicted molar refractivity (Wildman–Crippen MR) is 112 cm³/mol. The maximum atomic E-state index is 13.2. The molecule has 1 saturated heterocycles. The van der Waals surface area contributed by atoms with Crippen LogP contribution >= 0.6 is 0 Å². The number of imidazole rings is 1. The van der Waals surface area contributed by atoms with E-state index in [-0.39, 0.29) is 28.8 Å². The standard InChI is InChI=1S/C22H29N3O4S/c1-2-24(21(26)18-10-11-18)14-19-13-23-22(25(19)15-20-9-6-12-29-20)30(27,28)16-17-7-4-3-5-8-17/h3-5,7-8,13,18,20H,2,6,9-12,14-16H2,1H3/t20-/m0/s1. The second kappa shape index (κ2) is 8.89. The smallest absolute Gasteiger partial charge is 0.228 e. The summed E-state index contributed by atoms with van der Waals surface area (Å²) in [4.78, 5) is 18.7. The summed E-state index contributed by atoms with van der Waals surface area (Å²) >= 11 is 0. The summed E-state index contributed by atoms with van der Waals surface area (Å²) in [7, 11) is -3.64. The number of ether oxygens (including phenoxy) is 1. The lowest BCUT2D eigenvalue weighted by Crippen LogP contribution is -2.33. The topological polar surface area (TPSA) is 81.5 Å². The average Bonchev–Trinajstić information content (AvgIpc) is 3.31. The lowest BCUT2D eigenvalue weighted by Gasteiger charge is -2.23. The summed E-state index contributed by atoms with van der Waals surface area (Å²) in [6, 6.07) is 9.14. The lowest BCUT2D eigenvalue weighted by molar-refractivity contribution is -0.133. The summed E-state index contributed by atoms with van der Waals surface area (Å²) in [5, 5.41) is 0.0618. The third-order valence-corrected chi connectivity index (χ3v) is 7.36. The van der Waals surface area contributed by atoms with Crippen LogP contribution in [0.2, 0.25) is 0 Å². The van der Waals surface area contributed by atoms with E-state index in [0.29, 0.717) is 26.2 Å². The molecule has 2 fully saturated rings. The average molecular weight is 432 g/mol. The third-order valence-electron chi connectivity index (χ3n) is 5.76. The predicted octanol–water partition coefficient (Wildman–Crippen LogP) is 2.79. The molecule has 1 atom stereocenters. The minimum absolute atomic E-state index is 0.0298. The molecule has 2 aromatic rings. The molecule has 0 spiro atoms. The van der Waals surface area contributed by atoms with Gasteiger partial charge in [0.15, 0.2) is 0 Å². The highest BCUT2D eigenvalue weighted by molar-refractivity contribution is 7.90. The van der Waals surface area contributed by atoms with Crippen molar-refractivity contribution >= 4 is 15.7 Å². The van der Waals surface area contributed by atoms with Gasteiger partial charge in [-0.15, -0.1) is 0 Å². The summed E-state index contributed by atoms with van der Waals surface area (Å²) in [6.07, 6.45) is 5.34. The lowest BCUT2D eigenvalue weighted by atomic mass is 10.2. The molecule has 1 aromatic heterocycles. The number of benzene rings is 1. The summed E-state index contributed by atoms with van der Waals surface area (Å²) in [5.41, 5.74) is 1.47. The van der Waals surface area contributed by atoms with Gasteiger partial charge in [-0.25, -0.2) is 13.4 Å². The molecule has 162 valence electrons. The van der Waals surface area contributed by atoms with Gasteiger partial charge in [-0.3, -0.25) is 4.79 Å². The zero-order valence-electron chi connectivity index (χ0n) is 17.4. The van der Waals surface area contributed by atoms with Crippen molar-refractivity contribution in [3.05, 3.63) is 47.8 Å². The number of aromatic nitrogens is 2. The number of rotatable bonds is 9. The zero-order chi connectivity index (χ0) is 21.1. The van der Waals surface area contributed by atoms with Crippen LogP contribution in [-0.2, 0) is 38.2 Å². The fourth-order valence-corrected chi connectivity index (χ4v) is 5.44. The van der Waals surface area contributed by atoms with Crippen molar-refractivity contribution in [2.75, 3.05) is 13.2 Å². The van der Waals surface area contributed by atoms with Crippen LogP contribution in [-0.4, -0.2) is 48.0 Å². The molecule has 30 heavy (non-hydrogen) atoms. The molecule has 7 nitrogen and oxygen atoms in total. The molecule has 2 aliphatic rings. The minimum Gasteiger partial charge on any atom is -0.376 e. The van der Waals surface area contributed by atoms with Gasteiger partial charge < -0.3 is 14.2 Å². The van der Waals surface area contributed by atoms with Crippen LogP contribution in [0, 0.1) is 5.92 Å². The molecule has 8 heteroatoms. The Labute approximate surface area is 178 Å². The van der Waals surface area contributed by atoms with Gasteiger partial charge in [0.1, 0.15) is 0 Å². The number of nitrogens with zero attached hydrogens (tertiary/aromatic N) is 3. The van der Waals surface area contributed by atoms with E-state index in [1.807, 2.05) is 25.1 Å². The van der Waals surface area contributed by atoms with E-state index < -0.39 is 9.84 Å². The Morgan fingerprint density at radius 1 is 1.23 bits per heavy atom. The van der Waals surface area contributed by atoms with Gasteiger partial charge >= 0.3 is 0 Å². The van der Waals surface area contributed by atoms with Gasteiger partial charge in [-0.2, -0.15) is 0 Å². The first-order valence-electron chi connectivity index (χ1n) is 10.7. The Kier molecular flexibility index (Phi) is 6.24. The van der Waals surface area contributed by atoms with Crippen molar-refractivity contribution in [1.82, 2.24) is 14.5 Å². The van der Waals surface area contributed by atoms with Crippen molar-refractivity contribution in [3.8, 4) is 0 Å². The van der Waals surface area contributed by atoms with Gasteiger partial charge in [0.05, 0.1) is 36.8 Å². The summed E-state index contributed by atoms with van der Waals surface area (Å²) < 4.78 is 34.0. The van der Waals surface area contributed by atoms with Crippen LogP contribution in [0.15, 0.2) is 41.7 Å². The van der Waals surface area contributed by atoms with E-state index >= 15 is 0 Å². The quantitative estimate of drug-likeness (QED) is 0.610. The highest BCUT2D eigenvalue weighted by Gasteiger charge is 2.34. The van der Waals surface area contributed by atoms with E-state index in [1.54, 1.807) is 27.8 Å². The molecule has 4 rings (SSSR count). The van der Waals surface area contributed by atoms with E-state index in [2.05, 4.69) is 4.98 Å². The monoisotopic (exact) mass is 431 g/mol. The number of hydrogen-bond acceptors (Lipinski definition) is 5. The number of carbonyl (C=O) groups excluding carboxylic acids is 1. The maximum absolute atomic E-state index is 13.2. The van der Waals surface area contributed by atoms with Crippen LogP contribution in [0.5, 0.6) is 0 Å². The molecular weight excluding hydrogens is 402 g/mol. The molecule has 1 aromatic carbocycles. The Balaban J connectivity index is 1.63. The first-order chi connectivity index (χ1) is 14.5. The van der Waals surface area contributed by atoms with Crippen LogP contribution in [0.1, 0.15) is 43.9 Å². The zero-order valence-corrected chi connectivity index (χ0v) is 18.2. The Bertz CT molecular complexity index is 977. The van der Waals surface area contributed by atoms with E-state index in [4.69, 9.17) is 4.74 Å². The first kappa shape index (κ1) is 21.1. The molecule has 1 amide bonds. The van der Waals surface area contributed by atoms with Gasteiger partial charge in [0, 0.05) is 19.1 Å². The fourth-order valence-electron chi connectivity index (χ4n) is 3.94. The molecule has 0 radical (unpaired) electrons. The van der Waals surface area contributed by atoms with Crippen molar-refractivity contribution in [2.45, 2.75) is 62.7 Å². The van der Waals surface area contributed by atoms with E-state index in [9.17, 15) is 13.2 Å². The highest BCUT2D eigenvalue weighted by Crippen LogP contribution is 2.31. The number of carbonyl (C=O) groups is 1. The minimum atomic E-state index is -3.64. The Morgan fingerprint density at radius 3 is 2.63 bits per heavy atom. The summed E-state index contributed by atoms with van der Waals surface area (Å²) in [5.74, 6) is 0.172. The molecule has 2 heterocycles. The van der Waals surface area contributed by atoms with E-state index in [0.717, 1.165) is 36.9 Å². The second-order valence-corrected chi connectivity index (χ2v) is 10.0. The van der Waals surface area contributed by atoms with Crippen molar-refractivity contribution in [1.29, 1.82) is 0 Å². The van der Waals surface area contributed by atoms with Gasteiger partial charge in [-0.05, 0) is 38.2 Å². The molecule has 0 N–H and O–H groups in total. The van der Waals surface area contributed by atoms with Crippen LogP contribution < -0.4 is 0 Å². The highest BCUT2D eigenvalue weighted by atomic mass is 32.2. The number of hydrogen-bond donors (Lipinski definition) is 0. The Hall–Kier alpha value is -2.19. The number of amides is 1. The maximum Gasteiger partial charge on any atom is 0.228 e. The fraction of sp³-hybridized carbons (Fsp3) is 0.545. The normalized spacial score (nSPS) is 19.2. The van der Waals surface area contributed by atoms with Gasteiger partial charge in [-0.1, -0.05) is 30.3 Å². The SMILES string of the molecule is CCN(Cc1cnc(S(=O)(=O)Cc2ccccc2)n1C[C@@H]1CCCO1)C(=O)C1CC1. The third kappa shape index (κ3) is 4.75. The number of sulfone groups is 1. The second-order valence-electron chi connectivity index (χ2n) is 8.15. The van der Waals surface area contributed by atoms with E-state index in [1.165, 1.54) is 0 Å². The Morgan fingerprint density at radius 2 is 2.00 bits per heavy atom. The van der Waals surface area contributed by atoms with Crippen molar-refractivity contribution in [3.63, 3.8) is 0 Å². The first-order valence-corrected chi connectivity index (χ1v) is 12.3. The largest absolute Gasteiger partial charge is 0.376 e. The van der Waals surface area contributed by atoms with Gasteiger partial charge in [0.25, 0.3) is 0 Å². The van der Waals surface area contributed by atoms with Crippen molar-refractivity contribution in [2.24, 2.45) is 5.92 Å². The van der Waals surface area contributed by atoms with Crippen molar-refractivity contribution < 1.29 is 17.9 Å². The molecule has 1 saturated carbocycles. The van der Waals surface area contributed by atoms with Gasteiger partial charge in [0.2, 0.25) is 20.9 Å². The molecule has 1 aliphatic heterocycles. The molecular formula is C22H29N3O4S. The molecule has 0 bridgehead atoms. The summed E-state index contributed by atoms with van der Waals surface area (Å²) in [6.45, 7) is 4.04.